The molecule has 4 unspecified atom stereocenters. The van der Waals surface area contributed by atoms with Gasteiger partial charge in [0.15, 0.2) is 0 Å². The second-order valence-electron chi connectivity index (χ2n) is 7.95. The highest BCUT2D eigenvalue weighted by Gasteiger charge is 2.35. The minimum absolute atomic E-state index is 0.0519. The number of Topliss-reactive ketones (excluding diaryl/α,β-unsaturated/α-hetero) is 2. The molecule has 6 nitrogen and oxygen atoms in total. The summed E-state index contributed by atoms with van der Waals surface area (Å²) >= 11 is 0. The highest BCUT2D eigenvalue weighted by molar-refractivity contribution is 5.84. The van der Waals surface area contributed by atoms with E-state index in [-0.39, 0.29) is 48.1 Å². The molecule has 2 fully saturated rings. The first kappa shape index (κ1) is 24.8. The van der Waals surface area contributed by atoms with Gasteiger partial charge in [-0.1, -0.05) is 31.2 Å². The Morgan fingerprint density at radius 1 is 0.931 bits per heavy atom. The largest absolute Gasteiger partial charge is 0.481 e. The third-order valence-corrected chi connectivity index (χ3v) is 5.73. The summed E-state index contributed by atoms with van der Waals surface area (Å²) in [5.41, 5.74) is 0. The van der Waals surface area contributed by atoms with Gasteiger partial charge < -0.3 is 10.2 Å². The molecule has 0 heterocycles. The van der Waals surface area contributed by atoms with Crippen molar-refractivity contribution in [3.8, 4) is 0 Å². The van der Waals surface area contributed by atoms with E-state index in [1.165, 1.54) is 0 Å². The number of aliphatic carboxylic acids is 2. The number of carboxylic acid groups (broad SMARTS) is 2. The van der Waals surface area contributed by atoms with Crippen LogP contribution < -0.4 is 0 Å². The number of allylic oxidation sites excluding steroid dienone is 4. The van der Waals surface area contributed by atoms with Crippen LogP contribution in [0.3, 0.4) is 0 Å². The summed E-state index contributed by atoms with van der Waals surface area (Å²) in [6, 6.07) is 0. The smallest absolute Gasteiger partial charge is 0.303 e. The summed E-state index contributed by atoms with van der Waals surface area (Å²) in [6.45, 7) is 3.98. The SMILES string of the molecule is C/C=C\CC1CC(=O)CC1CC(=O)O.CCC=CCC1C(=O)CCC1CC(=O)O. The lowest BCUT2D eigenvalue weighted by atomic mass is 9.89. The Kier molecular flexibility index (Phi) is 11.2. The van der Waals surface area contributed by atoms with Gasteiger partial charge in [-0.15, -0.1) is 0 Å². The normalized spacial score (nSPS) is 26.8. The van der Waals surface area contributed by atoms with E-state index in [0.29, 0.717) is 25.7 Å². The van der Waals surface area contributed by atoms with E-state index < -0.39 is 11.9 Å². The molecule has 2 rings (SSSR count). The molecule has 0 amide bonds. The van der Waals surface area contributed by atoms with Gasteiger partial charge in [0.1, 0.15) is 11.6 Å². The molecule has 0 aromatic heterocycles. The van der Waals surface area contributed by atoms with Crippen molar-refractivity contribution in [1.29, 1.82) is 0 Å². The van der Waals surface area contributed by atoms with Crippen molar-refractivity contribution in [2.24, 2.45) is 23.7 Å². The minimum Gasteiger partial charge on any atom is -0.481 e. The van der Waals surface area contributed by atoms with E-state index >= 15 is 0 Å². The van der Waals surface area contributed by atoms with Crippen LogP contribution in [-0.2, 0) is 19.2 Å². The average Bonchev–Trinajstić information content (AvgIpc) is 3.15. The van der Waals surface area contributed by atoms with Crippen molar-refractivity contribution in [2.45, 2.75) is 71.6 Å². The molecule has 2 aliphatic rings. The quantitative estimate of drug-likeness (QED) is 0.548. The molecule has 29 heavy (non-hydrogen) atoms. The van der Waals surface area contributed by atoms with Gasteiger partial charge in [-0.05, 0) is 50.4 Å². The Bertz CT molecular complexity index is 633. The zero-order valence-corrected chi connectivity index (χ0v) is 17.5. The summed E-state index contributed by atoms with van der Waals surface area (Å²) in [4.78, 5) is 43.9. The van der Waals surface area contributed by atoms with Crippen LogP contribution >= 0.6 is 0 Å². The van der Waals surface area contributed by atoms with Crippen LogP contribution in [0.25, 0.3) is 0 Å². The second kappa shape index (κ2) is 13.1. The molecule has 0 spiro atoms. The summed E-state index contributed by atoms with van der Waals surface area (Å²) in [5, 5.41) is 17.4. The Labute approximate surface area is 173 Å². The van der Waals surface area contributed by atoms with Gasteiger partial charge in [-0.3, -0.25) is 19.2 Å². The topological polar surface area (TPSA) is 109 Å². The zero-order chi connectivity index (χ0) is 21.8. The lowest BCUT2D eigenvalue weighted by molar-refractivity contribution is -0.139. The molecule has 6 heteroatoms. The van der Waals surface area contributed by atoms with Crippen molar-refractivity contribution < 1.29 is 29.4 Å². The van der Waals surface area contributed by atoms with Crippen molar-refractivity contribution in [2.75, 3.05) is 0 Å². The number of ketones is 2. The predicted octanol–water partition coefficient (Wildman–Crippen LogP) is 4.44. The maximum atomic E-state index is 11.5. The molecule has 0 bridgehead atoms. The van der Waals surface area contributed by atoms with Crippen molar-refractivity contribution in [1.82, 2.24) is 0 Å². The summed E-state index contributed by atoms with van der Waals surface area (Å²) < 4.78 is 0. The Balaban J connectivity index is 0.000000291. The van der Waals surface area contributed by atoms with E-state index in [4.69, 9.17) is 10.2 Å². The van der Waals surface area contributed by atoms with Gasteiger partial charge >= 0.3 is 11.9 Å². The fourth-order valence-electron chi connectivity index (χ4n) is 4.23. The highest BCUT2D eigenvalue weighted by Crippen LogP contribution is 2.35. The maximum absolute atomic E-state index is 11.5. The fourth-order valence-corrected chi connectivity index (χ4v) is 4.23. The van der Waals surface area contributed by atoms with Gasteiger partial charge in [0.2, 0.25) is 0 Å². The summed E-state index contributed by atoms with van der Waals surface area (Å²) in [7, 11) is 0. The molecule has 2 saturated carbocycles. The van der Waals surface area contributed by atoms with Gasteiger partial charge in [0.05, 0.1) is 0 Å². The molecule has 2 N–H and O–H groups in total. The number of hydrogen-bond donors (Lipinski definition) is 2. The number of hydrogen-bond acceptors (Lipinski definition) is 4. The average molecular weight is 407 g/mol. The Morgan fingerprint density at radius 2 is 1.55 bits per heavy atom. The predicted molar refractivity (Wildman–Crippen MR) is 110 cm³/mol. The van der Waals surface area contributed by atoms with E-state index in [1.807, 2.05) is 38.2 Å². The van der Waals surface area contributed by atoms with Crippen molar-refractivity contribution >= 4 is 23.5 Å². The van der Waals surface area contributed by atoms with Crippen LogP contribution in [0.15, 0.2) is 24.3 Å². The van der Waals surface area contributed by atoms with Crippen LogP contribution in [0.1, 0.15) is 71.6 Å². The molecule has 0 saturated heterocycles. The van der Waals surface area contributed by atoms with Crippen molar-refractivity contribution in [3.63, 3.8) is 0 Å². The maximum Gasteiger partial charge on any atom is 0.303 e. The first-order valence-electron chi connectivity index (χ1n) is 10.5. The fraction of sp³-hybridized carbons (Fsp3) is 0.652. The van der Waals surface area contributed by atoms with Crippen LogP contribution in [0.5, 0.6) is 0 Å². The molecule has 0 aromatic carbocycles. The molecule has 162 valence electrons. The Morgan fingerprint density at radius 3 is 2.14 bits per heavy atom. The van der Waals surface area contributed by atoms with Crippen LogP contribution in [0.2, 0.25) is 0 Å². The van der Waals surface area contributed by atoms with Gasteiger partial charge in [-0.25, -0.2) is 0 Å². The third-order valence-electron chi connectivity index (χ3n) is 5.73. The molecular weight excluding hydrogens is 372 g/mol. The molecule has 4 atom stereocenters. The second-order valence-corrected chi connectivity index (χ2v) is 7.95. The molecule has 0 aliphatic heterocycles. The minimum atomic E-state index is -0.796. The molecule has 0 radical (unpaired) electrons. The van der Waals surface area contributed by atoms with E-state index in [1.54, 1.807) is 0 Å². The number of rotatable bonds is 9. The van der Waals surface area contributed by atoms with E-state index in [0.717, 1.165) is 19.3 Å². The zero-order valence-electron chi connectivity index (χ0n) is 17.5. The Hall–Kier alpha value is -2.24. The van der Waals surface area contributed by atoms with Crippen molar-refractivity contribution in [3.05, 3.63) is 24.3 Å². The lowest BCUT2D eigenvalue weighted by Crippen LogP contribution is -2.17. The monoisotopic (exact) mass is 406 g/mol. The van der Waals surface area contributed by atoms with Gasteiger partial charge in [0, 0.05) is 38.0 Å². The summed E-state index contributed by atoms with van der Waals surface area (Å²) in [5.74, 6) is -0.839. The van der Waals surface area contributed by atoms with E-state index in [2.05, 4.69) is 0 Å². The first-order valence-corrected chi connectivity index (χ1v) is 10.5. The van der Waals surface area contributed by atoms with Crippen LogP contribution in [0.4, 0.5) is 0 Å². The van der Waals surface area contributed by atoms with Gasteiger partial charge in [-0.2, -0.15) is 0 Å². The molecule has 2 aliphatic carbocycles. The number of carboxylic acids is 2. The number of carbonyl (C=O) groups is 4. The molecule has 0 aromatic rings. The summed E-state index contributed by atoms with van der Waals surface area (Å²) in [6.07, 6.45) is 13.1. The number of carbonyl (C=O) groups excluding carboxylic acids is 2. The van der Waals surface area contributed by atoms with Crippen LogP contribution in [-0.4, -0.2) is 33.7 Å². The highest BCUT2D eigenvalue weighted by atomic mass is 16.4. The standard InChI is InChI=1S/C12H18O3.C11H16O3/c1-2-3-4-5-10-9(8-12(14)15)6-7-11(10)13;1-2-3-4-8-5-10(12)6-9(8)7-11(13)14/h3-4,9-10H,2,5-8H2,1H3,(H,14,15);2-3,8-9H,4-7H2,1H3,(H,13,14)/b;3-2-. The van der Waals surface area contributed by atoms with Crippen LogP contribution in [0, 0.1) is 23.7 Å². The van der Waals surface area contributed by atoms with E-state index in [9.17, 15) is 19.2 Å². The lowest BCUT2D eigenvalue weighted by Gasteiger charge is -2.14. The third kappa shape index (κ3) is 9.20. The van der Waals surface area contributed by atoms with Gasteiger partial charge in [0.25, 0.3) is 0 Å². The first-order chi connectivity index (χ1) is 13.8. The molecular formula is C23H34O6.